The molecule has 6 nitrogen and oxygen atoms in total. The number of nitrogens with zero attached hydrogens (tertiary/aromatic N) is 2. The lowest BCUT2D eigenvalue weighted by Crippen LogP contribution is -2.58. The summed E-state index contributed by atoms with van der Waals surface area (Å²) >= 11 is 0. The summed E-state index contributed by atoms with van der Waals surface area (Å²) in [4.78, 5) is 12.6. The van der Waals surface area contributed by atoms with Gasteiger partial charge in [0, 0.05) is 29.8 Å². The van der Waals surface area contributed by atoms with Crippen molar-refractivity contribution in [3.05, 3.63) is 36.5 Å². The third kappa shape index (κ3) is 3.38. The first-order valence-corrected chi connectivity index (χ1v) is 11.1. The first kappa shape index (κ1) is 17.5. The molecule has 2 aliphatic heterocycles. The average molecular weight is 375 g/mol. The molecule has 3 heterocycles. The highest BCUT2D eigenvalue weighted by atomic mass is 32.2. The topological polar surface area (TPSA) is 71.4 Å². The zero-order chi connectivity index (χ0) is 18.3. The molecule has 3 atom stereocenters. The average Bonchev–Trinajstić information content (AvgIpc) is 2.96. The van der Waals surface area contributed by atoms with Crippen LogP contribution in [0.2, 0.25) is 0 Å². The summed E-state index contributed by atoms with van der Waals surface area (Å²) in [5.74, 6) is -0.0118. The summed E-state index contributed by atoms with van der Waals surface area (Å²) < 4.78 is 27.8. The molecule has 1 unspecified atom stereocenters. The van der Waals surface area contributed by atoms with Gasteiger partial charge in [-0.2, -0.15) is 4.31 Å². The van der Waals surface area contributed by atoms with Gasteiger partial charge >= 0.3 is 0 Å². The summed E-state index contributed by atoms with van der Waals surface area (Å²) in [7, 11) is -3.19. The van der Waals surface area contributed by atoms with Gasteiger partial charge in [-0.15, -0.1) is 0 Å². The Morgan fingerprint density at radius 3 is 2.54 bits per heavy atom. The molecular weight excluding hydrogens is 350 g/mol. The number of benzene rings is 1. The zero-order valence-corrected chi connectivity index (χ0v) is 15.8. The van der Waals surface area contributed by atoms with Crippen LogP contribution in [0.3, 0.4) is 0 Å². The third-order valence-electron chi connectivity index (χ3n) is 5.65. The highest BCUT2D eigenvalue weighted by molar-refractivity contribution is 7.88. The fourth-order valence-corrected chi connectivity index (χ4v) is 6.17. The van der Waals surface area contributed by atoms with E-state index in [0.29, 0.717) is 12.8 Å². The standard InChI is InChI=1S/C19H25N3O3S/c1-26(24,25)22-16-6-4-7-17(22)12-15(11-16)20-19(23)13-21-10-9-14-5-2-3-8-18(14)21/h2-3,5,8-10,15-17H,4,6-7,11-13H2,1H3,(H,20,23)/t15?,16-,17+. The molecule has 2 aliphatic rings. The van der Waals surface area contributed by atoms with Crippen molar-refractivity contribution in [2.75, 3.05) is 6.26 Å². The van der Waals surface area contributed by atoms with Crippen LogP contribution in [0, 0.1) is 0 Å². The fourth-order valence-electron chi connectivity index (χ4n) is 4.70. The number of hydrogen-bond acceptors (Lipinski definition) is 3. The van der Waals surface area contributed by atoms with Crippen molar-refractivity contribution in [3.8, 4) is 0 Å². The SMILES string of the molecule is CS(=O)(=O)N1[C@@H]2CCC[C@H]1CC(NC(=O)Cn1ccc3ccccc31)C2. The molecule has 2 saturated heterocycles. The van der Waals surface area contributed by atoms with Crippen molar-refractivity contribution >= 4 is 26.8 Å². The van der Waals surface area contributed by atoms with Crippen molar-refractivity contribution in [2.24, 2.45) is 0 Å². The summed E-state index contributed by atoms with van der Waals surface area (Å²) in [6.45, 7) is 0.287. The Bertz CT molecular complexity index is 907. The number of aromatic nitrogens is 1. The third-order valence-corrected chi connectivity index (χ3v) is 7.01. The van der Waals surface area contributed by atoms with Gasteiger partial charge in [0.15, 0.2) is 0 Å². The van der Waals surface area contributed by atoms with Gasteiger partial charge in [-0.05, 0) is 43.2 Å². The van der Waals surface area contributed by atoms with Crippen LogP contribution in [0.5, 0.6) is 0 Å². The van der Waals surface area contributed by atoms with E-state index in [1.54, 1.807) is 4.31 Å². The molecular formula is C19H25N3O3S. The lowest BCUT2D eigenvalue weighted by molar-refractivity contribution is -0.122. The minimum absolute atomic E-state index is 0.0118. The van der Waals surface area contributed by atoms with Crippen LogP contribution in [-0.4, -0.2) is 47.6 Å². The molecule has 2 fully saturated rings. The molecule has 2 aromatic rings. The van der Waals surface area contributed by atoms with Crippen molar-refractivity contribution in [1.29, 1.82) is 0 Å². The molecule has 1 N–H and O–H groups in total. The van der Waals surface area contributed by atoms with Gasteiger partial charge in [0.25, 0.3) is 0 Å². The van der Waals surface area contributed by atoms with E-state index in [1.165, 1.54) is 6.26 Å². The molecule has 26 heavy (non-hydrogen) atoms. The van der Waals surface area contributed by atoms with Crippen LogP contribution in [0.25, 0.3) is 10.9 Å². The van der Waals surface area contributed by atoms with E-state index in [4.69, 9.17) is 0 Å². The first-order chi connectivity index (χ1) is 12.4. The Kier molecular flexibility index (Phi) is 4.52. The zero-order valence-electron chi connectivity index (χ0n) is 15.0. The lowest BCUT2D eigenvalue weighted by Gasteiger charge is -2.47. The number of amides is 1. The van der Waals surface area contributed by atoms with Crippen molar-refractivity contribution in [3.63, 3.8) is 0 Å². The van der Waals surface area contributed by atoms with Gasteiger partial charge in [0.1, 0.15) is 6.54 Å². The Labute approximate surface area is 154 Å². The Balaban J connectivity index is 1.43. The number of piperidine rings is 2. The molecule has 4 rings (SSSR count). The molecule has 1 amide bonds. The summed E-state index contributed by atoms with van der Waals surface area (Å²) in [6.07, 6.45) is 7.50. The predicted molar refractivity (Wildman–Crippen MR) is 101 cm³/mol. The monoisotopic (exact) mass is 375 g/mol. The van der Waals surface area contributed by atoms with Gasteiger partial charge in [0.05, 0.1) is 6.26 Å². The van der Waals surface area contributed by atoms with E-state index >= 15 is 0 Å². The van der Waals surface area contributed by atoms with Crippen LogP contribution >= 0.6 is 0 Å². The fraction of sp³-hybridized carbons (Fsp3) is 0.526. The van der Waals surface area contributed by atoms with Gasteiger partial charge in [-0.1, -0.05) is 24.6 Å². The maximum atomic E-state index is 12.6. The molecule has 1 aromatic carbocycles. The molecule has 0 saturated carbocycles. The molecule has 1 aromatic heterocycles. The summed E-state index contributed by atoms with van der Waals surface area (Å²) in [6, 6.07) is 10.1. The van der Waals surface area contributed by atoms with E-state index in [0.717, 1.165) is 30.2 Å². The van der Waals surface area contributed by atoms with Crippen LogP contribution in [-0.2, 0) is 21.4 Å². The van der Waals surface area contributed by atoms with E-state index < -0.39 is 10.0 Å². The minimum Gasteiger partial charge on any atom is -0.352 e. The second kappa shape index (κ2) is 6.70. The van der Waals surface area contributed by atoms with Crippen molar-refractivity contribution in [2.45, 2.75) is 56.8 Å². The molecule has 0 radical (unpaired) electrons. The lowest BCUT2D eigenvalue weighted by atomic mass is 9.84. The summed E-state index contributed by atoms with van der Waals surface area (Å²) in [5.41, 5.74) is 1.05. The number of carbonyl (C=O) groups excluding carboxylic acids is 1. The number of nitrogens with one attached hydrogen (secondary N) is 1. The quantitative estimate of drug-likeness (QED) is 0.890. The largest absolute Gasteiger partial charge is 0.352 e. The molecule has 0 spiro atoms. The second-order valence-corrected chi connectivity index (χ2v) is 9.46. The van der Waals surface area contributed by atoms with Gasteiger partial charge < -0.3 is 9.88 Å². The van der Waals surface area contributed by atoms with Crippen LogP contribution in [0.15, 0.2) is 36.5 Å². The number of carbonyl (C=O) groups is 1. The summed E-state index contributed by atoms with van der Waals surface area (Å²) in [5, 5.41) is 4.26. The number of sulfonamides is 1. The second-order valence-electron chi connectivity index (χ2n) is 7.57. The van der Waals surface area contributed by atoms with Gasteiger partial charge in [0.2, 0.25) is 15.9 Å². The smallest absolute Gasteiger partial charge is 0.240 e. The first-order valence-electron chi connectivity index (χ1n) is 9.23. The van der Waals surface area contributed by atoms with E-state index in [-0.39, 0.29) is 30.6 Å². The van der Waals surface area contributed by atoms with E-state index in [1.807, 2.05) is 41.1 Å². The highest BCUT2D eigenvalue weighted by Gasteiger charge is 2.43. The Hall–Kier alpha value is -1.86. The van der Waals surface area contributed by atoms with Crippen molar-refractivity contribution in [1.82, 2.24) is 14.2 Å². The predicted octanol–water partition coefficient (Wildman–Crippen LogP) is 2.10. The molecule has 7 heteroatoms. The van der Waals surface area contributed by atoms with Gasteiger partial charge in [-0.3, -0.25) is 4.79 Å². The van der Waals surface area contributed by atoms with Gasteiger partial charge in [-0.25, -0.2) is 8.42 Å². The van der Waals surface area contributed by atoms with Crippen LogP contribution in [0.1, 0.15) is 32.1 Å². The maximum Gasteiger partial charge on any atom is 0.240 e. The number of fused-ring (bicyclic) bond motifs is 3. The molecule has 0 aliphatic carbocycles. The van der Waals surface area contributed by atoms with E-state index in [9.17, 15) is 13.2 Å². The normalized spacial score (nSPS) is 26.7. The van der Waals surface area contributed by atoms with E-state index in [2.05, 4.69) is 5.32 Å². The molecule has 2 bridgehead atoms. The molecule has 140 valence electrons. The van der Waals surface area contributed by atoms with Crippen LogP contribution in [0.4, 0.5) is 0 Å². The Morgan fingerprint density at radius 1 is 1.15 bits per heavy atom. The minimum atomic E-state index is -3.19. The maximum absolute atomic E-state index is 12.6. The number of rotatable bonds is 4. The van der Waals surface area contributed by atoms with Crippen molar-refractivity contribution < 1.29 is 13.2 Å². The number of para-hydroxylation sites is 1. The highest BCUT2D eigenvalue weighted by Crippen LogP contribution is 2.35. The Morgan fingerprint density at radius 2 is 1.85 bits per heavy atom. The van der Waals surface area contributed by atoms with Crippen LogP contribution < -0.4 is 5.32 Å². The number of hydrogen-bond donors (Lipinski definition) is 1.